The lowest BCUT2D eigenvalue weighted by Crippen LogP contribution is -2.31. The molecule has 0 radical (unpaired) electrons. The molecule has 1 aromatic heterocycles. The van der Waals surface area contributed by atoms with Crippen LogP contribution in [0.3, 0.4) is 0 Å². The molecule has 3 aromatic rings. The Balaban J connectivity index is 1.72. The van der Waals surface area contributed by atoms with Crippen molar-refractivity contribution in [2.45, 2.75) is 45.3 Å². The Morgan fingerprint density at radius 2 is 1.78 bits per heavy atom. The molecule has 0 fully saturated rings. The highest BCUT2D eigenvalue weighted by molar-refractivity contribution is 9.10. The van der Waals surface area contributed by atoms with Gasteiger partial charge in [-0.15, -0.1) is 10.2 Å². The summed E-state index contributed by atoms with van der Waals surface area (Å²) < 4.78 is 2.78. The molecule has 1 heterocycles. The Hall–Kier alpha value is -2.07. The van der Waals surface area contributed by atoms with Gasteiger partial charge in [0.05, 0.1) is 22.4 Å². The van der Waals surface area contributed by atoms with Gasteiger partial charge in [0.2, 0.25) is 5.91 Å². The highest BCUT2D eigenvalue weighted by Crippen LogP contribution is 2.28. The summed E-state index contributed by atoms with van der Waals surface area (Å²) in [4.78, 5) is 25.6. The molecule has 3 rings (SSSR count). The smallest absolute Gasteiger partial charge is 0.253 e. The number of carbonyl (C=O) groups is 2. The summed E-state index contributed by atoms with van der Waals surface area (Å²) in [5.74, 6) is 0.598. The molecule has 0 saturated carbocycles. The number of benzene rings is 2. The Labute approximate surface area is 233 Å². The predicted molar refractivity (Wildman–Crippen MR) is 150 cm³/mol. The fourth-order valence-corrected chi connectivity index (χ4v) is 5.68. The van der Waals surface area contributed by atoms with E-state index >= 15 is 0 Å². The lowest BCUT2D eigenvalue weighted by molar-refractivity contribution is -0.113. The Morgan fingerprint density at radius 3 is 2.39 bits per heavy atom. The quantitative estimate of drug-likeness (QED) is 0.261. The van der Waals surface area contributed by atoms with Crippen LogP contribution in [-0.4, -0.2) is 32.3 Å². The van der Waals surface area contributed by atoms with Crippen molar-refractivity contribution in [2.24, 2.45) is 13.0 Å². The SMILES string of the molecule is Cc1cc(Br)cc(C)c1NC(=O)CSc1nnc([C@@H](CC(C)C)NC(=O)c2ccc(Cl)cc2Cl)n1C. The second-order valence-electron chi connectivity index (χ2n) is 8.93. The number of aryl methyl sites for hydroxylation is 2. The van der Waals surface area contributed by atoms with Crippen LogP contribution in [0, 0.1) is 19.8 Å². The zero-order chi connectivity index (χ0) is 26.6. The maximum absolute atomic E-state index is 13.0. The number of amides is 2. The van der Waals surface area contributed by atoms with Crippen LogP contribution in [0.4, 0.5) is 5.69 Å². The van der Waals surface area contributed by atoms with Crippen molar-refractivity contribution in [3.8, 4) is 0 Å². The van der Waals surface area contributed by atoms with Crippen LogP contribution in [0.25, 0.3) is 0 Å². The molecule has 7 nitrogen and oxygen atoms in total. The first-order valence-electron chi connectivity index (χ1n) is 11.3. The van der Waals surface area contributed by atoms with Gasteiger partial charge in [-0.3, -0.25) is 9.59 Å². The monoisotopic (exact) mass is 611 g/mol. The first-order valence-corrected chi connectivity index (χ1v) is 13.8. The maximum Gasteiger partial charge on any atom is 0.253 e. The van der Waals surface area contributed by atoms with Gasteiger partial charge in [0.25, 0.3) is 5.91 Å². The molecule has 1 atom stereocenters. The molecule has 36 heavy (non-hydrogen) atoms. The summed E-state index contributed by atoms with van der Waals surface area (Å²) >= 11 is 17.0. The van der Waals surface area contributed by atoms with Gasteiger partial charge in [0.1, 0.15) is 0 Å². The molecular weight excluding hydrogens is 585 g/mol. The first kappa shape index (κ1) is 28.5. The van der Waals surface area contributed by atoms with Crippen LogP contribution >= 0.6 is 50.9 Å². The number of aromatic nitrogens is 3. The zero-order valence-electron chi connectivity index (χ0n) is 20.7. The van der Waals surface area contributed by atoms with Crippen molar-refractivity contribution >= 4 is 68.4 Å². The van der Waals surface area contributed by atoms with Gasteiger partial charge in [-0.2, -0.15) is 0 Å². The minimum absolute atomic E-state index is 0.137. The molecule has 0 spiro atoms. The van der Waals surface area contributed by atoms with E-state index in [0.29, 0.717) is 28.0 Å². The lowest BCUT2D eigenvalue weighted by Gasteiger charge is -2.20. The molecule has 0 aliphatic rings. The summed E-state index contributed by atoms with van der Waals surface area (Å²) in [6, 6.07) is 8.29. The van der Waals surface area contributed by atoms with Crippen LogP contribution in [0.1, 0.15) is 53.6 Å². The molecule has 2 N–H and O–H groups in total. The Bertz CT molecular complexity index is 1260. The van der Waals surface area contributed by atoms with E-state index in [1.165, 1.54) is 17.8 Å². The molecule has 2 amide bonds. The van der Waals surface area contributed by atoms with Crippen molar-refractivity contribution in [1.82, 2.24) is 20.1 Å². The third kappa shape index (κ3) is 7.25. The summed E-state index contributed by atoms with van der Waals surface area (Å²) in [6.07, 6.45) is 0.649. The predicted octanol–water partition coefficient (Wildman–Crippen LogP) is 6.75. The number of carbonyl (C=O) groups excluding carboxylic acids is 2. The fraction of sp³-hybridized carbons (Fsp3) is 0.360. The number of nitrogens with zero attached hydrogens (tertiary/aromatic N) is 3. The van der Waals surface area contributed by atoms with Crippen molar-refractivity contribution < 1.29 is 9.59 Å². The number of rotatable bonds is 9. The second-order valence-corrected chi connectivity index (χ2v) is 11.6. The molecule has 0 bridgehead atoms. The summed E-state index contributed by atoms with van der Waals surface area (Å²) in [5.41, 5.74) is 3.10. The number of hydrogen-bond donors (Lipinski definition) is 2. The molecule has 0 aliphatic heterocycles. The molecule has 192 valence electrons. The van der Waals surface area contributed by atoms with Crippen LogP contribution in [-0.2, 0) is 11.8 Å². The average Bonchev–Trinajstić information content (AvgIpc) is 3.14. The van der Waals surface area contributed by atoms with E-state index in [2.05, 4.69) is 50.6 Å². The van der Waals surface area contributed by atoms with Gasteiger partial charge in [0.15, 0.2) is 11.0 Å². The lowest BCUT2D eigenvalue weighted by atomic mass is 10.0. The maximum atomic E-state index is 13.0. The summed E-state index contributed by atoms with van der Waals surface area (Å²) in [7, 11) is 1.83. The van der Waals surface area contributed by atoms with Crippen LogP contribution in [0.2, 0.25) is 10.0 Å². The third-order valence-corrected chi connectivity index (χ3v) is 7.49. The van der Waals surface area contributed by atoms with Gasteiger partial charge in [0, 0.05) is 22.2 Å². The van der Waals surface area contributed by atoms with Gasteiger partial charge < -0.3 is 15.2 Å². The van der Waals surface area contributed by atoms with E-state index in [4.69, 9.17) is 23.2 Å². The van der Waals surface area contributed by atoms with Gasteiger partial charge >= 0.3 is 0 Å². The van der Waals surface area contributed by atoms with E-state index < -0.39 is 6.04 Å². The normalized spacial score (nSPS) is 12.0. The molecular formula is C25H28BrCl2N5O2S. The van der Waals surface area contributed by atoms with Crippen LogP contribution in [0.5, 0.6) is 0 Å². The Morgan fingerprint density at radius 1 is 1.11 bits per heavy atom. The van der Waals surface area contributed by atoms with Crippen molar-refractivity contribution in [3.63, 3.8) is 0 Å². The standard InChI is InChI=1S/C25H28BrCl2N5O2S/c1-13(2)8-20(29-24(35)18-7-6-17(27)11-19(18)28)23-31-32-25(33(23)5)36-12-21(34)30-22-14(3)9-16(26)10-15(22)4/h6-7,9-11,13,20H,8,12H2,1-5H3,(H,29,35)(H,30,34)/t20-/m1/s1. The van der Waals surface area contributed by atoms with E-state index in [1.54, 1.807) is 12.1 Å². The Kier molecular flexibility index (Phi) is 9.86. The molecule has 0 unspecified atom stereocenters. The van der Waals surface area contributed by atoms with Gasteiger partial charge in [-0.25, -0.2) is 0 Å². The minimum Gasteiger partial charge on any atom is -0.342 e. The highest BCUT2D eigenvalue weighted by atomic mass is 79.9. The van der Waals surface area contributed by atoms with E-state index in [9.17, 15) is 9.59 Å². The summed E-state index contributed by atoms with van der Waals surface area (Å²) in [5, 5.41) is 15.9. The average molecular weight is 613 g/mol. The topological polar surface area (TPSA) is 88.9 Å². The third-order valence-electron chi connectivity index (χ3n) is 5.46. The zero-order valence-corrected chi connectivity index (χ0v) is 24.6. The molecule has 11 heteroatoms. The molecule has 2 aromatic carbocycles. The van der Waals surface area contributed by atoms with E-state index in [0.717, 1.165) is 21.3 Å². The minimum atomic E-state index is -0.391. The number of hydrogen-bond acceptors (Lipinski definition) is 5. The largest absolute Gasteiger partial charge is 0.342 e. The van der Waals surface area contributed by atoms with Gasteiger partial charge in [-0.05, 0) is 67.6 Å². The fourth-order valence-electron chi connectivity index (χ4n) is 3.78. The van der Waals surface area contributed by atoms with E-state index in [-0.39, 0.29) is 28.5 Å². The second kappa shape index (κ2) is 12.4. The van der Waals surface area contributed by atoms with Gasteiger partial charge in [-0.1, -0.05) is 64.7 Å². The van der Waals surface area contributed by atoms with Crippen molar-refractivity contribution in [3.05, 3.63) is 67.4 Å². The summed E-state index contributed by atoms with van der Waals surface area (Å²) in [6.45, 7) is 8.04. The van der Waals surface area contributed by atoms with Crippen LogP contribution in [0.15, 0.2) is 40.0 Å². The van der Waals surface area contributed by atoms with E-state index in [1.807, 2.05) is 37.6 Å². The number of thioether (sulfide) groups is 1. The number of halogens is 3. The molecule has 0 saturated heterocycles. The molecule has 0 aliphatic carbocycles. The van der Waals surface area contributed by atoms with Crippen LogP contribution < -0.4 is 10.6 Å². The first-order chi connectivity index (χ1) is 17.0. The number of anilines is 1. The number of nitrogens with one attached hydrogen (secondary N) is 2. The highest BCUT2D eigenvalue weighted by Gasteiger charge is 2.24. The van der Waals surface area contributed by atoms with Crippen molar-refractivity contribution in [2.75, 3.05) is 11.1 Å². The van der Waals surface area contributed by atoms with Crippen molar-refractivity contribution in [1.29, 1.82) is 0 Å².